The molecule has 1 heterocycles. The van der Waals surface area contributed by atoms with Crippen LogP contribution in [0.2, 0.25) is 0 Å². The van der Waals surface area contributed by atoms with Crippen molar-refractivity contribution in [1.29, 1.82) is 0 Å². The van der Waals surface area contributed by atoms with Gasteiger partial charge in [-0.05, 0) is 30.1 Å². The van der Waals surface area contributed by atoms with Crippen molar-refractivity contribution in [3.05, 3.63) is 12.2 Å². The lowest BCUT2D eigenvalue weighted by molar-refractivity contribution is -0.134. The summed E-state index contributed by atoms with van der Waals surface area (Å²) in [4.78, 5) is 11.3. The highest BCUT2D eigenvalue weighted by Crippen LogP contribution is 2.75. The van der Waals surface area contributed by atoms with Crippen LogP contribution in [0.3, 0.4) is 0 Å². The minimum atomic E-state index is -0.256. The zero-order valence-corrected chi connectivity index (χ0v) is 12.7. The average Bonchev–Trinajstić information content (AvgIpc) is 2.82. The van der Waals surface area contributed by atoms with Crippen molar-refractivity contribution in [3.8, 4) is 0 Å². The van der Waals surface area contributed by atoms with Gasteiger partial charge >= 0.3 is 5.97 Å². The maximum absolute atomic E-state index is 11.3. The number of fused-ring (bicyclic) bond motifs is 2. The van der Waals surface area contributed by atoms with Crippen LogP contribution in [0.1, 0.15) is 26.7 Å². The van der Waals surface area contributed by atoms with E-state index < -0.39 is 0 Å². The smallest absolute Gasteiger partial charge is 0.330 e. The molecule has 0 aromatic carbocycles. The number of ether oxygens (including phenoxy) is 2. The molecule has 5 atom stereocenters. The Hall–Kier alpha value is -0.480. The van der Waals surface area contributed by atoms with Crippen LogP contribution in [0, 0.1) is 23.2 Å². The molecule has 3 nitrogen and oxygen atoms in total. The molecule has 0 bridgehead atoms. The molecule has 1 aliphatic heterocycles. The van der Waals surface area contributed by atoms with Gasteiger partial charge in [0, 0.05) is 17.7 Å². The third-order valence-electron chi connectivity index (χ3n) is 5.52. The van der Waals surface area contributed by atoms with Gasteiger partial charge in [-0.15, -0.1) is 11.8 Å². The van der Waals surface area contributed by atoms with Crippen molar-refractivity contribution < 1.29 is 14.3 Å². The molecular weight excluding hydrogens is 260 g/mol. The summed E-state index contributed by atoms with van der Waals surface area (Å²) in [7, 11) is 1.42. The average molecular weight is 282 g/mol. The fraction of sp³-hybridized carbons (Fsp3) is 0.800. The number of hydrogen-bond acceptors (Lipinski definition) is 4. The number of carbonyl (C=O) groups excluding carboxylic acids is 1. The number of methoxy groups -OCH3 is 1. The molecule has 3 rings (SSSR count). The van der Waals surface area contributed by atoms with Gasteiger partial charge in [-0.3, -0.25) is 0 Å². The maximum atomic E-state index is 11.3. The van der Waals surface area contributed by atoms with Gasteiger partial charge in [-0.1, -0.05) is 19.9 Å². The maximum Gasteiger partial charge on any atom is 0.330 e. The van der Waals surface area contributed by atoms with Gasteiger partial charge in [0.15, 0.2) is 0 Å². The molecule has 0 aromatic heterocycles. The molecule has 2 saturated carbocycles. The van der Waals surface area contributed by atoms with Gasteiger partial charge in [-0.25, -0.2) is 4.79 Å². The summed E-state index contributed by atoms with van der Waals surface area (Å²) in [6, 6.07) is 0. The number of rotatable bonds is 2. The fourth-order valence-electron chi connectivity index (χ4n) is 4.20. The van der Waals surface area contributed by atoms with Crippen molar-refractivity contribution >= 4 is 17.7 Å². The summed E-state index contributed by atoms with van der Waals surface area (Å²) in [5.41, 5.74) is 0.292. The zero-order chi connectivity index (χ0) is 13.7. The van der Waals surface area contributed by atoms with E-state index in [-0.39, 0.29) is 10.9 Å². The van der Waals surface area contributed by atoms with Crippen LogP contribution in [0.25, 0.3) is 0 Å². The Bertz CT molecular complexity index is 414. The summed E-state index contributed by atoms with van der Waals surface area (Å²) >= 11 is 1.99. The van der Waals surface area contributed by atoms with E-state index in [1.807, 2.05) is 11.8 Å². The van der Waals surface area contributed by atoms with E-state index in [9.17, 15) is 4.79 Å². The molecular formula is C15H22O3S. The lowest BCUT2D eigenvalue weighted by Gasteiger charge is -2.37. The van der Waals surface area contributed by atoms with Crippen LogP contribution in [0.5, 0.6) is 0 Å². The van der Waals surface area contributed by atoms with Crippen LogP contribution in [0.15, 0.2) is 12.2 Å². The molecule has 106 valence electrons. The summed E-state index contributed by atoms with van der Waals surface area (Å²) in [6.07, 6.45) is 6.03. The van der Waals surface area contributed by atoms with Gasteiger partial charge in [0.25, 0.3) is 0 Å². The standard InChI is InChI=1S/C15H22O3S/c1-10-6-7-15(18-8-9-19-15)13-11(14(10,13)2)4-5-12(16)17-3/h4-5,10-11,13H,6-9H2,1-3H3/b5-4+. The summed E-state index contributed by atoms with van der Waals surface area (Å²) in [5.74, 6) is 2.55. The first-order valence-corrected chi connectivity index (χ1v) is 8.07. The number of carbonyl (C=O) groups is 1. The fourth-order valence-corrected chi connectivity index (χ4v) is 5.72. The Morgan fingerprint density at radius 2 is 2.32 bits per heavy atom. The summed E-state index contributed by atoms with van der Waals surface area (Å²) in [5, 5.41) is 0. The predicted molar refractivity (Wildman–Crippen MR) is 75.8 cm³/mol. The Balaban J connectivity index is 1.83. The van der Waals surface area contributed by atoms with Crippen molar-refractivity contribution in [2.45, 2.75) is 31.6 Å². The van der Waals surface area contributed by atoms with E-state index >= 15 is 0 Å². The predicted octanol–water partition coefficient (Wildman–Crippen LogP) is 2.86. The SMILES string of the molecule is COC(=O)/C=C/C1C2C3(CCC(C)C12C)OCCS3. The lowest BCUT2D eigenvalue weighted by Crippen LogP contribution is -2.36. The topological polar surface area (TPSA) is 35.5 Å². The molecule has 4 heteroatoms. The Labute approximate surface area is 119 Å². The molecule has 1 spiro atoms. The third-order valence-corrected chi connectivity index (χ3v) is 6.95. The largest absolute Gasteiger partial charge is 0.466 e. The number of esters is 1. The van der Waals surface area contributed by atoms with E-state index in [0.29, 0.717) is 23.2 Å². The van der Waals surface area contributed by atoms with Crippen LogP contribution < -0.4 is 0 Å². The van der Waals surface area contributed by atoms with E-state index in [1.165, 1.54) is 13.5 Å². The molecule has 19 heavy (non-hydrogen) atoms. The van der Waals surface area contributed by atoms with E-state index in [0.717, 1.165) is 18.8 Å². The first-order chi connectivity index (χ1) is 9.04. The van der Waals surface area contributed by atoms with E-state index in [1.54, 1.807) is 6.08 Å². The number of hydrogen-bond donors (Lipinski definition) is 0. The Morgan fingerprint density at radius 3 is 2.95 bits per heavy atom. The summed E-state index contributed by atoms with van der Waals surface area (Å²) in [6.45, 7) is 5.57. The quantitative estimate of drug-likeness (QED) is 0.576. The Morgan fingerprint density at radius 1 is 1.53 bits per heavy atom. The molecule has 5 unspecified atom stereocenters. The van der Waals surface area contributed by atoms with Crippen LogP contribution in [0.4, 0.5) is 0 Å². The number of allylic oxidation sites excluding steroid dienone is 1. The second kappa shape index (κ2) is 4.52. The summed E-state index contributed by atoms with van der Waals surface area (Å²) < 4.78 is 10.8. The number of thioether (sulfide) groups is 1. The van der Waals surface area contributed by atoms with Crippen molar-refractivity contribution in [3.63, 3.8) is 0 Å². The molecule has 0 N–H and O–H groups in total. The molecule has 1 saturated heterocycles. The highest BCUT2D eigenvalue weighted by Gasteiger charge is 2.73. The lowest BCUT2D eigenvalue weighted by atomic mass is 9.78. The van der Waals surface area contributed by atoms with Crippen LogP contribution in [-0.2, 0) is 14.3 Å². The van der Waals surface area contributed by atoms with Gasteiger partial charge in [0.2, 0.25) is 0 Å². The molecule has 3 fully saturated rings. The third kappa shape index (κ3) is 1.87. The first-order valence-electron chi connectivity index (χ1n) is 7.08. The van der Waals surface area contributed by atoms with Crippen molar-refractivity contribution in [1.82, 2.24) is 0 Å². The van der Waals surface area contributed by atoms with Gasteiger partial charge in [0.1, 0.15) is 4.93 Å². The monoisotopic (exact) mass is 282 g/mol. The van der Waals surface area contributed by atoms with Crippen molar-refractivity contribution in [2.24, 2.45) is 23.2 Å². The van der Waals surface area contributed by atoms with Crippen LogP contribution in [-0.4, -0.2) is 30.4 Å². The highest BCUT2D eigenvalue weighted by molar-refractivity contribution is 8.00. The minimum Gasteiger partial charge on any atom is -0.466 e. The second-order valence-corrected chi connectivity index (χ2v) is 7.59. The van der Waals surface area contributed by atoms with E-state index in [4.69, 9.17) is 9.47 Å². The van der Waals surface area contributed by atoms with Gasteiger partial charge in [-0.2, -0.15) is 0 Å². The molecule has 0 aromatic rings. The van der Waals surface area contributed by atoms with Crippen molar-refractivity contribution in [2.75, 3.05) is 19.5 Å². The molecule has 0 amide bonds. The molecule has 2 aliphatic carbocycles. The van der Waals surface area contributed by atoms with Crippen LogP contribution >= 0.6 is 11.8 Å². The van der Waals surface area contributed by atoms with Gasteiger partial charge in [0.05, 0.1) is 13.7 Å². The zero-order valence-electron chi connectivity index (χ0n) is 11.8. The molecule has 3 aliphatic rings. The van der Waals surface area contributed by atoms with E-state index in [2.05, 4.69) is 19.9 Å². The van der Waals surface area contributed by atoms with Gasteiger partial charge < -0.3 is 9.47 Å². The normalized spacial score (nSPS) is 48.5. The second-order valence-electron chi connectivity index (χ2n) is 6.20. The minimum absolute atomic E-state index is 0.0202. The molecule has 0 radical (unpaired) electrons. The Kier molecular flexibility index (Phi) is 3.21. The first kappa shape index (κ1) is 13.5. The highest BCUT2D eigenvalue weighted by atomic mass is 32.2.